The van der Waals surface area contributed by atoms with Crippen molar-refractivity contribution in [3.05, 3.63) is 0 Å². The van der Waals surface area contributed by atoms with Crippen LogP contribution in [0.3, 0.4) is 0 Å². The lowest BCUT2D eigenvalue weighted by molar-refractivity contribution is 0.579. The maximum Gasteiger partial charge on any atom is 0.00766 e. The SMILES string of the molecule is CNCCNCCCNCCNC. The summed E-state index contributed by atoms with van der Waals surface area (Å²) in [6.07, 6.45) is 1.20. The van der Waals surface area contributed by atoms with Crippen LogP contribution in [0.5, 0.6) is 0 Å². The van der Waals surface area contributed by atoms with E-state index in [0.717, 1.165) is 39.3 Å². The molecule has 0 spiro atoms. The standard InChI is InChI=1S/C9H24N4/c1-10-6-8-12-4-3-5-13-9-7-11-2/h10-13H,3-9H2,1-2H3. The van der Waals surface area contributed by atoms with E-state index < -0.39 is 0 Å². The van der Waals surface area contributed by atoms with Gasteiger partial charge in [0.15, 0.2) is 0 Å². The van der Waals surface area contributed by atoms with E-state index in [1.165, 1.54) is 6.42 Å². The molecule has 0 radical (unpaired) electrons. The van der Waals surface area contributed by atoms with Crippen molar-refractivity contribution in [2.45, 2.75) is 6.42 Å². The molecule has 0 aliphatic rings. The molecule has 4 N–H and O–H groups in total. The third-order valence-electron chi connectivity index (χ3n) is 1.81. The lowest BCUT2D eigenvalue weighted by Crippen LogP contribution is -2.29. The van der Waals surface area contributed by atoms with Crippen LogP contribution in [0.25, 0.3) is 0 Å². The van der Waals surface area contributed by atoms with Crippen molar-refractivity contribution in [1.82, 2.24) is 21.3 Å². The first-order valence-electron chi connectivity index (χ1n) is 5.12. The second-order valence-corrected chi connectivity index (χ2v) is 3.06. The number of likely N-dealkylation sites (N-methyl/N-ethyl adjacent to an activating group) is 2. The Morgan fingerprint density at radius 1 is 0.615 bits per heavy atom. The lowest BCUT2D eigenvalue weighted by Gasteiger charge is -2.05. The molecule has 0 aromatic carbocycles. The molecular weight excluding hydrogens is 164 g/mol. The van der Waals surface area contributed by atoms with Gasteiger partial charge in [-0.1, -0.05) is 0 Å². The average molecular weight is 188 g/mol. The van der Waals surface area contributed by atoms with Crippen LogP contribution in [-0.4, -0.2) is 53.4 Å². The minimum atomic E-state index is 1.05. The van der Waals surface area contributed by atoms with Crippen LogP contribution < -0.4 is 21.3 Å². The Bertz CT molecular complexity index is 77.7. The summed E-state index contributed by atoms with van der Waals surface area (Å²) in [6, 6.07) is 0. The summed E-state index contributed by atoms with van der Waals surface area (Å²) >= 11 is 0. The smallest absolute Gasteiger partial charge is 0.00766 e. The molecule has 0 saturated heterocycles. The van der Waals surface area contributed by atoms with Crippen molar-refractivity contribution in [2.75, 3.05) is 53.4 Å². The van der Waals surface area contributed by atoms with Gasteiger partial charge in [-0.05, 0) is 33.6 Å². The predicted octanol–water partition coefficient (Wildman–Crippen LogP) is -1.01. The molecule has 13 heavy (non-hydrogen) atoms. The van der Waals surface area contributed by atoms with E-state index in [1.807, 2.05) is 14.1 Å². The summed E-state index contributed by atoms with van der Waals surface area (Å²) in [7, 11) is 3.95. The fraction of sp³-hybridized carbons (Fsp3) is 1.00. The highest BCUT2D eigenvalue weighted by Crippen LogP contribution is 1.71. The Kier molecular flexibility index (Phi) is 11.7. The van der Waals surface area contributed by atoms with Crippen molar-refractivity contribution < 1.29 is 0 Å². The van der Waals surface area contributed by atoms with Crippen molar-refractivity contribution in [3.8, 4) is 0 Å². The van der Waals surface area contributed by atoms with Crippen LogP contribution in [-0.2, 0) is 0 Å². The molecule has 0 aromatic heterocycles. The molecule has 80 valence electrons. The predicted molar refractivity (Wildman–Crippen MR) is 58.2 cm³/mol. The van der Waals surface area contributed by atoms with Crippen LogP contribution in [0, 0.1) is 0 Å². The maximum absolute atomic E-state index is 3.36. The van der Waals surface area contributed by atoms with Crippen molar-refractivity contribution in [2.24, 2.45) is 0 Å². The number of hydrogen-bond donors (Lipinski definition) is 4. The highest BCUT2D eigenvalue weighted by atomic mass is 14.9. The topological polar surface area (TPSA) is 48.1 Å². The van der Waals surface area contributed by atoms with Gasteiger partial charge in [-0.3, -0.25) is 0 Å². The van der Waals surface area contributed by atoms with Gasteiger partial charge >= 0.3 is 0 Å². The zero-order valence-electron chi connectivity index (χ0n) is 8.95. The number of nitrogens with one attached hydrogen (secondary N) is 4. The van der Waals surface area contributed by atoms with Gasteiger partial charge in [0.05, 0.1) is 0 Å². The number of rotatable bonds is 10. The fourth-order valence-electron chi connectivity index (χ4n) is 1.02. The summed E-state index contributed by atoms with van der Waals surface area (Å²) in [4.78, 5) is 0. The van der Waals surface area contributed by atoms with E-state index in [9.17, 15) is 0 Å². The molecule has 0 atom stereocenters. The van der Waals surface area contributed by atoms with Gasteiger partial charge in [-0.2, -0.15) is 0 Å². The van der Waals surface area contributed by atoms with Gasteiger partial charge in [-0.15, -0.1) is 0 Å². The van der Waals surface area contributed by atoms with Crippen LogP contribution in [0.2, 0.25) is 0 Å². The molecule has 0 rings (SSSR count). The first-order valence-corrected chi connectivity index (χ1v) is 5.12. The van der Waals surface area contributed by atoms with Gasteiger partial charge in [-0.25, -0.2) is 0 Å². The molecular formula is C9H24N4. The third kappa shape index (κ3) is 11.8. The van der Waals surface area contributed by atoms with Crippen LogP contribution >= 0.6 is 0 Å². The molecule has 0 heterocycles. The van der Waals surface area contributed by atoms with E-state index in [1.54, 1.807) is 0 Å². The molecule has 0 unspecified atom stereocenters. The Balaban J connectivity index is 2.76. The highest BCUT2D eigenvalue weighted by Gasteiger charge is 1.87. The first kappa shape index (κ1) is 12.8. The summed E-state index contributed by atoms with van der Waals surface area (Å²) in [5, 5.41) is 12.9. The average Bonchev–Trinajstić information content (AvgIpc) is 2.16. The minimum absolute atomic E-state index is 1.05. The summed E-state index contributed by atoms with van der Waals surface area (Å²) in [5.41, 5.74) is 0. The normalized spacial score (nSPS) is 10.6. The molecule has 0 aliphatic heterocycles. The van der Waals surface area contributed by atoms with E-state index in [4.69, 9.17) is 0 Å². The van der Waals surface area contributed by atoms with Gasteiger partial charge in [0.2, 0.25) is 0 Å². The fourth-order valence-corrected chi connectivity index (χ4v) is 1.02. The summed E-state index contributed by atoms with van der Waals surface area (Å²) < 4.78 is 0. The zero-order chi connectivity index (χ0) is 9.78. The van der Waals surface area contributed by atoms with E-state index >= 15 is 0 Å². The van der Waals surface area contributed by atoms with Crippen molar-refractivity contribution in [1.29, 1.82) is 0 Å². The first-order chi connectivity index (χ1) is 6.41. The van der Waals surface area contributed by atoms with Gasteiger partial charge in [0.25, 0.3) is 0 Å². The number of hydrogen-bond acceptors (Lipinski definition) is 4. The van der Waals surface area contributed by atoms with Gasteiger partial charge in [0, 0.05) is 26.2 Å². The third-order valence-corrected chi connectivity index (χ3v) is 1.81. The van der Waals surface area contributed by atoms with Crippen LogP contribution in [0.1, 0.15) is 6.42 Å². The maximum atomic E-state index is 3.36. The van der Waals surface area contributed by atoms with Crippen molar-refractivity contribution in [3.63, 3.8) is 0 Å². The molecule has 0 amide bonds. The Morgan fingerprint density at radius 2 is 1.08 bits per heavy atom. The molecule has 0 saturated carbocycles. The molecule has 4 nitrogen and oxygen atoms in total. The molecule has 0 aliphatic carbocycles. The Morgan fingerprint density at radius 3 is 1.46 bits per heavy atom. The second-order valence-electron chi connectivity index (χ2n) is 3.06. The lowest BCUT2D eigenvalue weighted by atomic mass is 10.4. The minimum Gasteiger partial charge on any atom is -0.318 e. The zero-order valence-corrected chi connectivity index (χ0v) is 8.95. The molecule has 0 aromatic rings. The van der Waals surface area contributed by atoms with Gasteiger partial charge < -0.3 is 21.3 Å². The van der Waals surface area contributed by atoms with Crippen molar-refractivity contribution >= 4 is 0 Å². The largest absolute Gasteiger partial charge is 0.318 e. The van der Waals surface area contributed by atoms with Gasteiger partial charge in [0.1, 0.15) is 0 Å². The highest BCUT2D eigenvalue weighted by molar-refractivity contribution is 4.53. The van der Waals surface area contributed by atoms with Crippen LogP contribution in [0.4, 0.5) is 0 Å². The monoisotopic (exact) mass is 188 g/mol. The second kappa shape index (κ2) is 11.8. The summed E-state index contributed by atoms with van der Waals surface area (Å²) in [5.74, 6) is 0. The molecule has 4 heteroatoms. The van der Waals surface area contributed by atoms with E-state index in [2.05, 4.69) is 21.3 Å². The van der Waals surface area contributed by atoms with E-state index in [-0.39, 0.29) is 0 Å². The summed E-state index contributed by atoms with van der Waals surface area (Å²) in [6.45, 7) is 6.43. The quantitative estimate of drug-likeness (QED) is 0.332. The Hall–Kier alpha value is -0.160. The van der Waals surface area contributed by atoms with E-state index in [0.29, 0.717) is 0 Å². The van der Waals surface area contributed by atoms with Crippen LogP contribution in [0.15, 0.2) is 0 Å². The molecule has 0 fully saturated rings. The Labute approximate surface area is 81.9 Å². The molecule has 0 bridgehead atoms.